The molecular formula is C26H26N2O6S. The average molecular weight is 495 g/mol. The lowest BCUT2D eigenvalue weighted by atomic mass is 9.93. The van der Waals surface area contributed by atoms with Crippen LogP contribution >= 0.6 is 11.3 Å². The Labute approximate surface area is 206 Å². The van der Waals surface area contributed by atoms with Gasteiger partial charge >= 0.3 is 0 Å². The average Bonchev–Trinajstić information content (AvgIpc) is 3.16. The smallest absolute Gasteiger partial charge is 0.271 e. The molecule has 0 saturated carbocycles. The number of benzene rings is 2. The molecule has 0 amide bonds. The third-order valence-corrected chi connectivity index (χ3v) is 6.80. The van der Waals surface area contributed by atoms with Gasteiger partial charge in [-0.15, -0.1) is 0 Å². The number of ether oxygens (including phenoxy) is 4. The summed E-state index contributed by atoms with van der Waals surface area (Å²) in [4.78, 5) is 31.5. The molecule has 0 aliphatic carbocycles. The number of fused-ring (bicyclic) bond motifs is 1. The number of hydrogen-bond donors (Lipinski definition) is 0. The molecule has 3 aromatic rings. The van der Waals surface area contributed by atoms with E-state index >= 15 is 0 Å². The molecule has 35 heavy (non-hydrogen) atoms. The Kier molecular flexibility index (Phi) is 6.79. The van der Waals surface area contributed by atoms with Gasteiger partial charge in [0, 0.05) is 16.8 Å². The number of Topliss-reactive ketones (excluding diaryl/α,β-unsaturated/α-hetero) is 1. The van der Waals surface area contributed by atoms with E-state index in [-0.39, 0.29) is 11.3 Å². The number of carbonyl (C=O) groups excluding carboxylic acids is 1. The van der Waals surface area contributed by atoms with Gasteiger partial charge in [0.05, 0.1) is 39.0 Å². The van der Waals surface area contributed by atoms with Crippen LogP contribution in [0.4, 0.5) is 0 Å². The first-order valence-electron chi connectivity index (χ1n) is 10.8. The fraction of sp³-hybridized carbons (Fsp3) is 0.269. The normalized spacial score (nSPS) is 15.4. The fourth-order valence-electron chi connectivity index (χ4n) is 4.29. The summed E-state index contributed by atoms with van der Waals surface area (Å²) in [6.45, 7) is 3.28. The Bertz CT molecular complexity index is 1490. The van der Waals surface area contributed by atoms with Gasteiger partial charge in [-0.2, -0.15) is 0 Å². The number of aromatic nitrogens is 1. The van der Waals surface area contributed by atoms with Crippen LogP contribution in [0.25, 0.3) is 6.08 Å². The van der Waals surface area contributed by atoms with Crippen LogP contribution in [-0.2, 0) is 4.79 Å². The van der Waals surface area contributed by atoms with Gasteiger partial charge in [-0.3, -0.25) is 14.2 Å². The number of allylic oxidation sites excluding steroid dienone is 2. The van der Waals surface area contributed by atoms with Crippen LogP contribution in [0, 0.1) is 0 Å². The molecule has 9 heteroatoms. The quantitative estimate of drug-likeness (QED) is 0.502. The van der Waals surface area contributed by atoms with Crippen LogP contribution in [0.15, 0.2) is 57.5 Å². The van der Waals surface area contributed by atoms with Crippen molar-refractivity contribution in [3.05, 3.63) is 78.5 Å². The molecule has 0 radical (unpaired) electrons. The van der Waals surface area contributed by atoms with Crippen molar-refractivity contribution in [3.8, 4) is 23.0 Å². The van der Waals surface area contributed by atoms with E-state index in [0.29, 0.717) is 49.2 Å². The monoisotopic (exact) mass is 494 g/mol. The summed E-state index contributed by atoms with van der Waals surface area (Å²) in [5, 5.41) is 0. The third kappa shape index (κ3) is 4.23. The molecule has 8 nitrogen and oxygen atoms in total. The predicted octanol–water partition coefficient (Wildman–Crippen LogP) is 2.86. The summed E-state index contributed by atoms with van der Waals surface area (Å²) in [5.41, 5.74) is 2.19. The molecule has 0 N–H and O–H groups in total. The van der Waals surface area contributed by atoms with Crippen molar-refractivity contribution < 1.29 is 23.7 Å². The van der Waals surface area contributed by atoms with Gasteiger partial charge in [0.1, 0.15) is 5.75 Å². The molecule has 4 rings (SSSR count). The van der Waals surface area contributed by atoms with E-state index in [2.05, 4.69) is 4.99 Å². The van der Waals surface area contributed by atoms with Crippen molar-refractivity contribution in [1.29, 1.82) is 0 Å². The van der Waals surface area contributed by atoms with Crippen LogP contribution in [-0.4, -0.2) is 38.8 Å². The molecule has 1 aromatic heterocycles. The van der Waals surface area contributed by atoms with Gasteiger partial charge in [-0.05, 0) is 43.7 Å². The first kappa shape index (κ1) is 24.3. The maximum absolute atomic E-state index is 13.7. The number of hydrogen-bond acceptors (Lipinski definition) is 8. The fourth-order valence-corrected chi connectivity index (χ4v) is 5.34. The van der Waals surface area contributed by atoms with Crippen molar-refractivity contribution in [2.75, 3.05) is 28.4 Å². The highest BCUT2D eigenvalue weighted by molar-refractivity contribution is 7.07. The first-order chi connectivity index (χ1) is 16.8. The van der Waals surface area contributed by atoms with Crippen LogP contribution in [0.3, 0.4) is 0 Å². The zero-order valence-corrected chi connectivity index (χ0v) is 21.2. The number of para-hydroxylation sites is 1. The molecule has 0 bridgehead atoms. The zero-order valence-electron chi connectivity index (χ0n) is 20.4. The lowest BCUT2D eigenvalue weighted by Gasteiger charge is -2.25. The molecule has 0 saturated heterocycles. The van der Waals surface area contributed by atoms with E-state index < -0.39 is 6.04 Å². The molecular weight excluding hydrogens is 468 g/mol. The number of rotatable bonds is 7. The summed E-state index contributed by atoms with van der Waals surface area (Å²) in [6.07, 6.45) is 1.75. The van der Waals surface area contributed by atoms with Crippen molar-refractivity contribution >= 4 is 23.2 Å². The third-order valence-electron chi connectivity index (χ3n) is 5.82. The van der Waals surface area contributed by atoms with Crippen LogP contribution in [0.1, 0.15) is 31.0 Å². The summed E-state index contributed by atoms with van der Waals surface area (Å²) >= 11 is 1.25. The van der Waals surface area contributed by atoms with Gasteiger partial charge in [0.25, 0.3) is 5.56 Å². The van der Waals surface area contributed by atoms with E-state index in [1.54, 1.807) is 36.8 Å². The van der Waals surface area contributed by atoms with Crippen LogP contribution in [0.5, 0.6) is 23.0 Å². The Morgan fingerprint density at radius 3 is 2.20 bits per heavy atom. The molecule has 1 atom stereocenters. The minimum atomic E-state index is -0.651. The molecule has 1 aliphatic heterocycles. The van der Waals surface area contributed by atoms with E-state index in [0.717, 1.165) is 5.56 Å². The minimum absolute atomic E-state index is 0.152. The maximum atomic E-state index is 13.7. The van der Waals surface area contributed by atoms with Gasteiger partial charge < -0.3 is 18.9 Å². The lowest BCUT2D eigenvalue weighted by molar-refractivity contribution is -0.114. The van der Waals surface area contributed by atoms with Gasteiger partial charge in [-0.25, -0.2) is 4.99 Å². The number of thiazole rings is 1. The molecule has 0 fully saturated rings. The number of ketones is 1. The SMILES string of the molecule is COc1ccccc1[C@@H]1C(C(C)=O)=C(C)N=c2s/c(=C\c3cc(OC)c(OC)c(OC)c3)c(=O)n21. The van der Waals surface area contributed by atoms with E-state index in [4.69, 9.17) is 18.9 Å². The van der Waals surface area contributed by atoms with E-state index in [9.17, 15) is 9.59 Å². The highest BCUT2D eigenvalue weighted by atomic mass is 32.1. The summed E-state index contributed by atoms with van der Waals surface area (Å²) < 4.78 is 23.9. The second-order valence-corrected chi connectivity index (χ2v) is 8.85. The largest absolute Gasteiger partial charge is 0.496 e. The highest BCUT2D eigenvalue weighted by Crippen LogP contribution is 2.38. The number of nitrogens with zero attached hydrogens (tertiary/aromatic N) is 2. The minimum Gasteiger partial charge on any atom is -0.496 e. The molecule has 1 aliphatic rings. The lowest BCUT2D eigenvalue weighted by Crippen LogP contribution is -2.39. The second kappa shape index (κ2) is 9.79. The molecule has 182 valence electrons. The van der Waals surface area contributed by atoms with Crippen LogP contribution in [0.2, 0.25) is 0 Å². The van der Waals surface area contributed by atoms with E-state index in [1.165, 1.54) is 39.6 Å². The number of carbonyl (C=O) groups is 1. The Morgan fingerprint density at radius 2 is 1.63 bits per heavy atom. The second-order valence-electron chi connectivity index (χ2n) is 7.84. The standard InChI is InChI=1S/C26H26N2O6S/c1-14-22(15(2)29)23(17-9-7-8-10-18(17)31-3)28-25(30)21(35-26(28)27-14)13-16-11-19(32-4)24(34-6)20(12-16)33-5/h7-13,23H,1-6H3/b21-13-/t23-/m1/s1. The molecule has 0 unspecified atom stereocenters. The molecule has 2 aromatic carbocycles. The van der Waals surface area contributed by atoms with Crippen LogP contribution < -0.4 is 33.8 Å². The Balaban J connectivity index is 1.99. The molecule has 0 spiro atoms. The van der Waals surface area contributed by atoms with Gasteiger partial charge in [0.2, 0.25) is 5.75 Å². The van der Waals surface area contributed by atoms with Crippen molar-refractivity contribution in [2.45, 2.75) is 19.9 Å². The van der Waals surface area contributed by atoms with Crippen molar-refractivity contribution in [1.82, 2.24) is 4.57 Å². The van der Waals surface area contributed by atoms with Gasteiger partial charge in [0.15, 0.2) is 22.1 Å². The highest BCUT2D eigenvalue weighted by Gasteiger charge is 2.32. The topological polar surface area (TPSA) is 88.4 Å². The zero-order chi connectivity index (χ0) is 25.3. The van der Waals surface area contributed by atoms with Crippen molar-refractivity contribution in [3.63, 3.8) is 0 Å². The van der Waals surface area contributed by atoms with Crippen molar-refractivity contribution in [2.24, 2.45) is 4.99 Å². The maximum Gasteiger partial charge on any atom is 0.271 e. The molecule has 2 heterocycles. The summed E-state index contributed by atoms with van der Waals surface area (Å²) in [5.74, 6) is 1.86. The Hall–Kier alpha value is -3.85. The first-order valence-corrected chi connectivity index (χ1v) is 11.6. The summed E-state index contributed by atoms with van der Waals surface area (Å²) in [7, 11) is 6.17. The summed E-state index contributed by atoms with van der Waals surface area (Å²) in [6, 6.07) is 10.3. The number of methoxy groups -OCH3 is 4. The van der Waals surface area contributed by atoms with E-state index in [1.807, 2.05) is 24.3 Å². The van der Waals surface area contributed by atoms with Gasteiger partial charge in [-0.1, -0.05) is 29.5 Å². The predicted molar refractivity (Wildman–Crippen MR) is 134 cm³/mol. The Morgan fingerprint density at radius 1 is 1.00 bits per heavy atom.